The molecule has 1 N–H and O–H groups in total. The molecular formula is C25H27N5O3. The Morgan fingerprint density at radius 1 is 0.970 bits per heavy atom. The maximum absolute atomic E-state index is 13.1. The van der Waals surface area contributed by atoms with Crippen LogP contribution in [0.15, 0.2) is 42.9 Å². The monoisotopic (exact) mass is 445 g/mol. The summed E-state index contributed by atoms with van der Waals surface area (Å²) in [7, 11) is 0. The molecule has 3 aromatic rings. The Morgan fingerprint density at radius 3 is 2.52 bits per heavy atom. The Bertz CT molecular complexity index is 1230. The Labute approximate surface area is 191 Å². The second kappa shape index (κ2) is 7.66. The van der Waals surface area contributed by atoms with Crippen LogP contribution in [0.4, 0.5) is 0 Å². The number of hydrogen-bond acceptors (Lipinski definition) is 5. The quantitative estimate of drug-likeness (QED) is 0.669. The topological polar surface area (TPSA) is 91.0 Å². The molecule has 0 bridgehead atoms. The number of carbonyl (C=O) groups excluding carboxylic acids is 2. The lowest BCUT2D eigenvalue weighted by atomic mass is 9.62. The largest absolute Gasteiger partial charge is 0.393 e. The predicted octanol–water partition coefficient (Wildman–Crippen LogP) is 2.62. The minimum Gasteiger partial charge on any atom is -0.393 e. The number of nitrogens with zero attached hydrogens (tertiary/aromatic N) is 5. The number of amides is 2. The Morgan fingerprint density at radius 2 is 1.76 bits per heavy atom. The van der Waals surface area contributed by atoms with Crippen LogP contribution < -0.4 is 0 Å². The van der Waals surface area contributed by atoms with Crippen LogP contribution in [0.3, 0.4) is 0 Å². The van der Waals surface area contributed by atoms with Gasteiger partial charge in [0.2, 0.25) is 0 Å². The highest BCUT2D eigenvalue weighted by Crippen LogP contribution is 2.48. The van der Waals surface area contributed by atoms with E-state index in [1.54, 1.807) is 23.1 Å². The molecule has 5 heterocycles. The number of aliphatic hydroxyl groups is 1. The van der Waals surface area contributed by atoms with Gasteiger partial charge in [-0.2, -0.15) is 5.10 Å². The summed E-state index contributed by atoms with van der Waals surface area (Å²) in [6.07, 6.45) is 9.58. The third-order valence-electron chi connectivity index (χ3n) is 7.37. The van der Waals surface area contributed by atoms with Gasteiger partial charge >= 0.3 is 0 Å². The number of rotatable bonds is 3. The third kappa shape index (κ3) is 3.40. The van der Waals surface area contributed by atoms with Crippen molar-refractivity contribution in [3.05, 3.63) is 54.0 Å². The Balaban J connectivity index is 1.27. The molecule has 1 spiro atoms. The molecule has 3 aliphatic rings. The highest BCUT2D eigenvalue weighted by Gasteiger charge is 2.53. The molecule has 0 atom stereocenters. The van der Waals surface area contributed by atoms with Crippen molar-refractivity contribution in [3.8, 4) is 11.3 Å². The summed E-state index contributed by atoms with van der Waals surface area (Å²) >= 11 is 0. The van der Waals surface area contributed by atoms with Gasteiger partial charge in [0.05, 0.1) is 34.6 Å². The molecule has 2 amide bonds. The predicted molar refractivity (Wildman–Crippen MR) is 122 cm³/mol. The molecule has 33 heavy (non-hydrogen) atoms. The SMILES string of the molecule is O=C(c1cncc(-c2cccc3c(C(=O)N4CCCCC4)cnn23)c1)N1CC2(CC(O)C2)C1. The number of fused-ring (bicyclic) bond motifs is 1. The van der Waals surface area contributed by atoms with E-state index in [9.17, 15) is 14.7 Å². The van der Waals surface area contributed by atoms with Gasteiger partial charge in [0.25, 0.3) is 11.8 Å². The molecule has 2 saturated heterocycles. The molecule has 0 unspecified atom stereocenters. The fraction of sp³-hybridized carbons (Fsp3) is 0.440. The standard InChI is InChI=1S/C25H27N5O3/c31-19-10-25(11-19)15-29(16-25)23(32)18-9-17(12-26-13-18)21-5-4-6-22-20(14-27-30(21)22)24(33)28-7-2-1-3-8-28/h4-6,9,12-14,19,31H,1-3,7-8,10-11,15-16H2. The molecule has 3 aromatic heterocycles. The van der Waals surface area contributed by atoms with Crippen LogP contribution >= 0.6 is 0 Å². The Kier molecular flexibility index (Phi) is 4.72. The molecule has 0 aromatic carbocycles. The molecule has 8 heteroatoms. The maximum Gasteiger partial charge on any atom is 0.257 e. The molecule has 0 radical (unpaired) electrons. The van der Waals surface area contributed by atoms with Crippen LogP contribution in [-0.2, 0) is 0 Å². The number of carbonyl (C=O) groups is 2. The summed E-state index contributed by atoms with van der Waals surface area (Å²) in [5.41, 5.74) is 3.59. The fourth-order valence-corrected chi connectivity index (χ4v) is 5.65. The van der Waals surface area contributed by atoms with Crippen molar-refractivity contribution in [2.24, 2.45) is 5.41 Å². The van der Waals surface area contributed by atoms with E-state index in [1.165, 1.54) is 6.42 Å². The van der Waals surface area contributed by atoms with Crippen molar-refractivity contribution in [2.45, 2.75) is 38.2 Å². The van der Waals surface area contributed by atoms with E-state index >= 15 is 0 Å². The van der Waals surface area contributed by atoms with Gasteiger partial charge in [0, 0.05) is 49.6 Å². The van der Waals surface area contributed by atoms with Crippen LogP contribution in [0.25, 0.3) is 16.8 Å². The van der Waals surface area contributed by atoms with Gasteiger partial charge in [-0.1, -0.05) is 6.07 Å². The number of aromatic nitrogens is 3. The lowest BCUT2D eigenvalue weighted by Gasteiger charge is -2.57. The molecular weight excluding hydrogens is 418 g/mol. The van der Waals surface area contributed by atoms with Crippen molar-refractivity contribution < 1.29 is 14.7 Å². The van der Waals surface area contributed by atoms with Crippen molar-refractivity contribution in [1.29, 1.82) is 0 Å². The molecule has 6 rings (SSSR count). The zero-order valence-corrected chi connectivity index (χ0v) is 18.5. The first kappa shape index (κ1) is 20.4. The van der Waals surface area contributed by atoms with Crippen molar-refractivity contribution in [1.82, 2.24) is 24.4 Å². The zero-order valence-electron chi connectivity index (χ0n) is 18.5. The number of pyridine rings is 2. The van der Waals surface area contributed by atoms with Crippen LogP contribution in [-0.4, -0.2) is 73.6 Å². The lowest BCUT2D eigenvalue weighted by molar-refractivity contribution is -0.113. The van der Waals surface area contributed by atoms with Crippen LogP contribution in [0.2, 0.25) is 0 Å². The minimum absolute atomic E-state index is 0.0247. The van der Waals surface area contributed by atoms with E-state index in [1.807, 2.05) is 34.1 Å². The molecule has 3 fully saturated rings. The van der Waals surface area contributed by atoms with Crippen molar-refractivity contribution in [3.63, 3.8) is 0 Å². The number of piperidine rings is 1. The first-order valence-corrected chi connectivity index (χ1v) is 11.7. The summed E-state index contributed by atoms with van der Waals surface area (Å²) in [6, 6.07) is 7.59. The van der Waals surface area contributed by atoms with Crippen LogP contribution in [0.1, 0.15) is 52.8 Å². The molecule has 8 nitrogen and oxygen atoms in total. The van der Waals surface area contributed by atoms with Crippen LogP contribution in [0.5, 0.6) is 0 Å². The van der Waals surface area contributed by atoms with E-state index in [4.69, 9.17) is 0 Å². The average Bonchev–Trinajstić information content (AvgIpc) is 3.24. The highest BCUT2D eigenvalue weighted by atomic mass is 16.3. The third-order valence-corrected chi connectivity index (χ3v) is 7.37. The highest BCUT2D eigenvalue weighted by molar-refractivity contribution is 6.01. The summed E-state index contributed by atoms with van der Waals surface area (Å²) in [6.45, 7) is 2.98. The summed E-state index contributed by atoms with van der Waals surface area (Å²) in [4.78, 5) is 34.1. The van der Waals surface area contributed by atoms with E-state index in [-0.39, 0.29) is 23.3 Å². The zero-order chi connectivity index (χ0) is 22.6. The van der Waals surface area contributed by atoms with Crippen molar-refractivity contribution in [2.75, 3.05) is 26.2 Å². The van der Waals surface area contributed by atoms with Gasteiger partial charge in [-0.3, -0.25) is 14.6 Å². The first-order chi connectivity index (χ1) is 16.0. The van der Waals surface area contributed by atoms with E-state index in [0.29, 0.717) is 24.2 Å². The van der Waals surface area contributed by atoms with Gasteiger partial charge in [-0.15, -0.1) is 0 Å². The fourth-order valence-electron chi connectivity index (χ4n) is 5.65. The Hall–Kier alpha value is -3.26. The minimum atomic E-state index is -0.214. The van der Waals surface area contributed by atoms with E-state index in [0.717, 1.165) is 55.5 Å². The maximum atomic E-state index is 13.1. The normalized spacial score (nSPS) is 20.0. The molecule has 1 aliphatic carbocycles. The smallest absolute Gasteiger partial charge is 0.257 e. The van der Waals surface area contributed by atoms with Gasteiger partial charge in [-0.05, 0) is 50.3 Å². The number of aliphatic hydroxyl groups excluding tert-OH is 1. The summed E-state index contributed by atoms with van der Waals surface area (Å²) in [5, 5.41) is 14.1. The first-order valence-electron chi connectivity index (χ1n) is 11.7. The second-order valence-corrected chi connectivity index (χ2v) is 9.80. The average molecular weight is 446 g/mol. The van der Waals surface area contributed by atoms with Crippen LogP contribution in [0, 0.1) is 5.41 Å². The number of likely N-dealkylation sites (tertiary alicyclic amines) is 2. The summed E-state index contributed by atoms with van der Waals surface area (Å²) < 4.78 is 1.76. The molecule has 2 aliphatic heterocycles. The molecule has 1 saturated carbocycles. The van der Waals surface area contributed by atoms with Gasteiger partial charge < -0.3 is 14.9 Å². The number of hydrogen-bond donors (Lipinski definition) is 1. The van der Waals surface area contributed by atoms with E-state index < -0.39 is 0 Å². The van der Waals surface area contributed by atoms with Gasteiger partial charge in [0.15, 0.2) is 0 Å². The van der Waals surface area contributed by atoms with Crippen molar-refractivity contribution >= 4 is 17.3 Å². The summed E-state index contributed by atoms with van der Waals surface area (Å²) in [5.74, 6) is -0.0123. The second-order valence-electron chi connectivity index (χ2n) is 9.80. The molecule has 170 valence electrons. The van der Waals surface area contributed by atoms with Gasteiger partial charge in [-0.25, -0.2) is 4.52 Å². The lowest BCUT2D eigenvalue weighted by Crippen LogP contribution is -2.65. The van der Waals surface area contributed by atoms with Gasteiger partial charge in [0.1, 0.15) is 0 Å². The van der Waals surface area contributed by atoms with E-state index in [2.05, 4.69) is 10.1 Å².